The van der Waals surface area contributed by atoms with Crippen molar-refractivity contribution in [2.45, 2.75) is 38.9 Å². The van der Waals surface area contributed by atoms with Crippen molar-refractivity contribution in [1.82, 2.24) is 0 Å². The van der Waals surface area contributed by atoms with Gasteiger partial charge in [0.25, 0.3) is 0 Å². The summed E-state index contributed by atoms with van der Waals surface area (Å²) < 4.78 is 5.12. The van der Waals surface area contributed by atoms with Crippen molar-refractivity contribution in [3.05, 3.63) is 28.8 Å². The zero-order valence-corrected chi connectivity index (χ0v) is 12.4. The average molecular weight is 297 g/mol. The van der Waals surface area contributed by atoms with Gasteiger partial charge in [0.2, 0.25) is 0 Å². The van der Waals surface area contributed by atoms with Gasteiger partial charge in [-0.25, -0.2) is 4.79 Å². The Morgan fingerprint density at radius 1 is 1.55 bits per heavy atom. The van der Waals surface area contributed by atoms with E-state index >= 15 is 0 Å². The van der Waals surface area contributed by atoms with Crippen LogP contribution in [0, 0.1) is 11.3 Å². The molecule has 5 nitrogen and oxygen atoms in total. The van der Waals surface area contributed by atoms with Crippen LogP contribution in [0.4, 0.5) is 10.5 Å². The first-order valence-electron chi connectivity index (χ1n) is 6.07. The molecule has 1 unspecified atom stereocenters. The Morgan fingerprint density at radius 2 is 2.20 bits per heavy atom. The minimum absolute atomic E-state index is 0.0738. The Morgan fingerprint density at radius 3 is 2.75 bits per heavy atom. The van der Waals surface area contributed by atoms with Crippen LogP contribution < -0.4 is 5.32 Å². The molecule has 108 valence electrons. The highest BCUT2D eigenvalue weighted by Crippen LogP contribution is 2.28. The molecule has 0 aromatic heterocycles. The fourth-order valence-corrected chi connectivity index (χ4v) is 1.74. The summed E-state index contributed by atoms with van der Waals surface area (Å²) in [5.74, 6) is 0. The van der Waals surface area contributed by atoms with E-state index in [2.05, 4.69) is 5.32 Å². The number of carbonyl (C=O) groups excluding carboxylic acids is 1. The van der Waals surface area contributed by atoms with Gasteiger partial charge < -0.3 is 9.84 Å². The normalized spacial score (nSPS) is 12.4. The number of hydrogen-bond acceptors (Lipinski definition) is 4. The highest BCUT2D eigenvalue weighted by molar-refractivity contribution is 6.31. The third kappa shape index (κ3) is 5.08. The fraction of sp³-hybridized carbons (Fsp3) is 0.429. The number of amides is 1. The predicted molar refractivity (Wildman–Crippen MR) is 76.5 cm³/mol. The van der Waals surface area contributed by atoms with Crippen LogP contribution in [0.15, 0.2) is 18.2 Å². The number of aliphatic hydroxyl groups excluding tert-OH is 1. The van der Waals surface area contributed by atoms with Crippen molar-refractivity contribution >= 4 is 23.4 Å². The Kier molecular flexibility index (Phi) is 5.37. The first-order chi connectivity index (χ1) is 9.23. The fourth-order valence-electron chi connectivity index (χ4n) is 1.49. The molecule has 20 heavy (non-hydrogen) atoms. The maximum absolute atomic E-state index is 11.6. The molecule has 0 saturated carbocycles. The smallest absolute Gasteiger partial charge is 0.412 e. The minimum Gasteiger partial charge on any atom is -0.444 e. The molecule has 0 spiro atoms. The molecule has 1 amide bonds. The highest BCUT2D eigenvalue weighted by atomic mass is 35.5. The number of halogens is 1. The number of aliphatic hydroxyl groups is 1. The van der Waals surface area contributed by atoms with E-state index in [0.29, 0.717) is 16.3 Å². The summed E-state index contributed by atoms with van der Waals surface area (Å²) in [5, 5.41) is 21.3. The molecule has 0 radical (unpaired) electrons. The van der Waals surface area contributed by atoms with Gasteiger partial charge >= 0.3 is 6.09 Å². The molecule has 1 aromatic rings. The Balaban J connectivity index is 2.85. The van der Waals surface area contributed by atoms with E-state index in [-0.39, 0.29) is 6.42 Å². The van der Waals surface area contributed by atoms with Crippen molar-refractivity contribution in [1.29, 1.82) is 5.26 Å². The second-order valence-corrected chi connectivity index (χ2v) is 5.65. The third-order valence-electron chi connectivity index (χ3n) is 2.28. The largest absolute Gasteiger partial charge is 0.444 e. The molecule has 6 heteroatoms. The maximum atomic E-state index is 11.6. The molecule has 0 heterocycles. The number of nitrogens with zero attached hydrogens (tertiary/aromatic N) is 1. The van der Waals surface area contributed by atoms with Crippen LogP contribution in [0.1, 0.15) is 38.9 Å². The molecule has 1 rings (SSSR count). The predicted octanol–water partition coefficient (Wildman–Crippen LogP) is 3.63. The highest BCUT2D eigenvalue weighted by Gasteiger charge is 2.17. The number of benzene rings is 1. The summed E-state index contributed by atoms with van der Waals surface area (Å²) in [6.07, 6.45) is -1.66. The Bertz CT molecular complexity index is 532. The molecule has 0 saturated heterocycles. The zero-order valence-electron chi connectivity index (χ0n) is 11.6. The van der Waals surface area contributed by atoms with E-state index in [1.54, 1.807) is 32.9 Å². The molecule has 1 atom stereocenters. The van der Waals surface area contributed by atoms with Crippen LogP contribution in [-0.2, 0) is 4.74 Å². The number of anilines is 1. The van der Waals surface area contributed by atoms with E-state index in [9.17, 15) is 9.90 Å². The van der Waals surface area contributed by atoms with Crippen molar-refractivity contribution in [2.75, 3.05) is 5.32 Å². The lowest BCUT2D eigenvalue weighted by Gasteiger charge is -2.20. The van der Waals surface area contributed by atoms with Gasteiger partial charge in [0.15, 0.2) is 0 Å². The average Bonchev–Trinajstić information content (AvgIpc) is 2.29. The zero-order chi connectivity index (χ0) is 15.3. The third-order valence-corrected chi connectivity index (χ3v) is 2.63. The first-order valence-corrected chi connectivity index (χ1v) is 6.45. The second-order valence-electron chi connectivity index (χ2n) is 5.24. The number of hydrogen-bond donors (Lipinski definition) is 2. The summed E-state index contributed by atoms with van der Waals surface area (Å²) in [7, 11) is 0. The van der Waals surface area contributed by atoms with Crippen molar-refractivity contribution in [3.8, 4) is 6.07 Å². The van der Waals surface area contributed by atoms with Gasteiger partial charge in [0, 0.05) is 16.3 Å². The Hall–Kier alpha value is -1.77. The van der Waals surface area contributed by atoms with E-state index in [4.69, 9.17) is 21.6 Å². The van der Waals surface area contributed by atoms with E-state index in [0.717, 1.165) is 0 Å². The number of nitriles is 1. The second kappa shape index (κ2) is 6.60. The lowest BCUT2D eigenvalue weighted by atomic mass is 10.1. The van der Waals surface area contributed by atoms with Crippen molar-refractivity contribution in [3.63, 3.8) is 0 Å². The summed E-state index contributed by atoms with van der Waals surface area (Å²) >= 11 is 5.96. The van der Waals surface area contributed by atoms with E-state index in [1.165, 1.54) is 6.07 Å². The standard InChI is InChI=1S/C14H17ClN2O3/c1-14(2,3)20-13(19)17-9-4-5-11(15)10(8-9)12(18)6-7-16/h4-5,8,12,18H,6H2,1-3H3,(H,17,19). The number of nitrogens with one attached hydrogen (secondary N) is 1. The monoisotopic (exact) mass is 296 g/mol. The van der Waals surface area contributed by atoms with Gasteiger partial charge in [-0.15, -0.1) is 0 Å². The number of ether oxygens (including phenoxy) is 1. The molecule has 0 aliphatic heterocycles. The summed E-state index contributed by atoms with van der Waals surface area (Å²) in [4.78, 5) is 11.6. The number of rotatable bonds is 3. The van der Waals surface area contributed by atoms with Crippen LogP contribution in [0.5, 0.6) is 0 Å². The molecule has 0 bridgehead atoms. The lowest BCUT2D eigenvalue weighted by molar-refractivity contribution is 0.0636. The molecule has 0 aliphatic rings. The van der Waals surface area contributed by atoms with Crippen LogP contribution in [-0.4, -0.2) is 16.8 Å². The van der Waals surface area contributed by atoms with E-state index < -0.39 is 17.8 Å². The quantitative estimate of drug-likeness (QED) is 0.892. The molecule has 1 aromatic carbocycles. The minimum atomic E-state index is -0.993. The summed E-state index contributed by atoms with van der Waals surface area (Å²) in [6.45, 7) is 5.28. The van der Waals surface area contributed by atoms with Crippen molar-refractivity contribution in [2.24, 2.45) is 0 Å². The SMILES string of the molecule is CC(C)(C)OC(=O)Nc1ccc(Cl)c(C(O)CC#N)c1. The maximum Gasteiger partial charge on any atom is 0.412 e. The first kappa shape index (κ1) is 16.3. The summed E-state index contributed by atoms with van der Waals surface area (Å²) in [5.41, 5.74) is 0.233. The lowest BCUT2D eigenvalue weighted by Crippen LogP contribution is -2.27. The molecule has 2 N–H and O–H groups in total. The number of carbonyl (C=O) groups is 1. The molecular formula is C14H17ClN2O3. The van der Waals surface area contributed by atoms with Crippen LogP contribution in [0.3, 0.4) is 0 Å². The van der Waals surface area contributed by atoms with Gasteiger partial charge in [0.05, 0.1) is 18.6 Å². The van der Waals surface area contributed by atoms with Gasteiger partial charge in [-0.1, -0.05) is 11.6 Å². The van der Waals surface area contributed by atoms with Crippen molar-refractivity contribution < 1.29 is 14.6 Å². The summed E-state index contributed by atoms with van der Waals surface area (Å²) in [6, 6.07) is 6.52. The van der Waals surface area contributed by atoms with Gasteiger partial charge in [0.1, 0.15) is 5.60 Å². The van der Waals surface area contributed by atoms with Gasteiger partial charge in [-0.3, -0.25) is 5.32 Å². The van der Waals surface area contributed by atoms with E-state index in [1.807, 2.05) is 6.07 Å². The topological polar surface area (TPSA) is 82.3 Å². The molecule has 0 aliphatic carbocycles. The van der Waals surface area contributed by atoms with Crippen LogP contribution in [0.2, 0.25) is 5.02 Å². The molecular weight excluding hydrogens is 280 g/mol. The Labute approximate surface area is 123 Å². The van der Waals surface area contributed by atoms with Gasteiger partial charge in [-0.05, 0) is 39.0 Å². The van der Waals surface area contributed by atoms with Crippen LogP contribution in [0.25, 0.3) is 0 Å². The molecule has 0 fully saturated rings. The van der Waals surface area contributed by atoms with Crippen LogP contribution >= 0.6 is 11.6 Å². The van der Waals surface area contributed by atoms with Gasteiger partial charge in [-0.2, -0.15) is 5.26 Å².